The van der Waals surface area contributed by atoms with Crippen LogP contribution in [0.5, 0.6) is 0 Å². The van der Waals surface area contributed by atoms with Crippen molar-refractivity contribution in [1.82, 2.24) is 49.8 Å². The Morgan fingerprint density at radius 1 is 0.215 bits per heavy atom. The maximum Gasteiger partial charge on any atom is 0.153 e. The van der Waals surface area contributed by atoms with Gasteiger partial charge in [0.25, 0.3) is 0 Å². The van der Waals surface area contributed by atoms with Gasteiger partial charge in [0.05, 0.1) is 81.4 Å². The summed E-state index contributed by atoms with van der Waals surface area (Å²) in [6, 6.07) is 75.6. The lowest BCUT2D eigenvalue weighted by atomic mass is 10.1. The highest BCUT2D eigenvalue weighted by Gasteiger charge is 2.11. The second-order valence-electron chi connectivity index (χ2n) is 26.8. The molecule has 20 aromatic rings. The van der Waals surface area contributed by atoms with Crippen molar-refractivity contribution in [1.29, 1.82) is 0 Å². The highest BCUT2D eigenvalue weighted by Crippen LogP contribution is 2.30. The van der Waals surface area contributed by atoms with E-state index in [1.54, 1.807) is 152 Å². The molecule has 0 unspecified atom stereocenters. The quantitative estimate of drug-likeness (QED) is 0.0907. The first-order valence-electron chi connectivity index (χ1n) is 38.1. The Morgan fingerprint density at radius 3 is 1.32 bits per heavy atom. The number of fused-ring (bicyclic) bond motifs is 10. The van der Waals surface area contributed by atoms with E-state index in [0.717, 1.165) is 154 Å². The van der Waals surface area contributed by atoms with E-state index in [2.05, 4.69) is 49.8 Å². The standard InChI is InChI=1S/10C10H6ClNO/c11-9-1-2-10-8(4-9)3-7(6-13)5-12-10;11-9-2-1-8-3-7(6-13)5-12-10(8)4-9;11-8-1-2-10-9(5-8)7(6-13)3-4-12-10;11-8-1-2-9-7(6-13)3-4-12-10(9)5-8;11-9-2-1-3-10-8(9)4-7(6-13)5-12-10;11-9-3-1-2-8-7(6-13)4-5-12-10(8)9;11-10-7(6-13)5-12-9-4-2-1-3-8(9)10;11-10-5-7(6-13)8-3-1-2-4-9(8)12-10;11-9-5-12-10-4-2-1-3-7(10)8(9)6-13;11-10-8(6-13)5-7-3-1-2-4-9(7)12-10/h10*1-6H. The number of pyridine rings is 10. The van der Waals surface area contributed by atoms with Crippen LogP contribution in [-0.4, -0.2) is 113 Å². The lowest BCUT2D eigenvalue weighted by molar-refractivity contribution is 0.111. The van der Waals surface area contributed by atoms with Crippen LogP contribution in [0.3, 0.4) is 0 Å². The van der Waals surface area contributed by atoms with Crippen molar-refractivity contribution in [3.63, 3.8) is 0 Å². The molecule has 20 rings (SSSR count). The molecule has 30 heteroatoms. The van der Waals surface area contributed by atoms with E-state index in [4.69, 9.17) is 116 Å². The van der Waals surface area contributed by atoms with Gasteiger partial charge in [-0.25, -0.2) is 9.97 Å². The first kappa shape index (κ1) is 96.5. The van der Waals surface area contributed by atoms with Crippen molar-refractivity contribution in [3.05, 3.63) is 410 Å². The normalized spacial score (nSPS) is 10.2. The van der Waals surface area contributed by atoms with Crippen LogP contribution in [0.15, 0.2) is 304 Å². The number of hydrogen-bond donors (Lipinski definition) is 0. The maximum absolute atomic E-state index is 10.7. The molecule has 10 aromatic carbocycles. The number of carbonyl (C=O) groups excluding carboxylic acids is 10. The van der Waals surface area contributed by atoms with Crippen LogP contribution >= 0.6 is 116 Å². The summed E-state index contributed by atoms with van der Waals surface area (Å²) in [5.74, 6) is 0. The molecule has 640 valence electrons. The highest BCUT2D eigenvalue weighted by molar-refractivity contribution is 6.38. The van der Waals surface area contributed by atoms with E-state index in [1.165, 1.54) is 24.8 Å². The Morgan fingerprint density at radius 2 is 0.662 bits per heavy atom. The maximum atomic E-state index is 10.7. The Labute approximate surface area is 789 Å². The summed E-state index contributed by atoms with van der Waals surface area (Å²) in [7, 11) is 0. The van der Waals surface area contributed by atoms with E-state index in [-0.39, 0.29) is 5.15 Å². The molecular weight excluding hydrogens is 1860 g/mol. The van der Waals surface area contributed by atoms with Gasteiger partial charge >= 0.3 is 0 Å². The largest absolute Gasteiger partial charge is 0.298 e. The van der Waals surface area contributed by atoms with E-state index in [9.17, 15) is 47.9 Å². The number of hydrogen-bond acceptors (Lipinski definition) is 20. The fourth-order valence-electron chi connectivity index (χ4n) is 12.2. The van der Waals surface area contributed by atoms with Gasteiger partial charge in [0.2, 0.25) is 0 Å². The molecule has 0 aliphatic rings. The third-order valence-corrected chi connectivity index (χ3v) is 21.3. The van der Waals surface area contributed by atoms with Gasteiger partial charge in [-0.3, -0.25) is 87.8 Å². The molecule has 0 saturated carbocycles. The number of nitrogens with zero attached hydrogens (tertiary/aromatic N) is 10. The van der Waals surface area contributed by atoms with Gasteiger partial charge in [0, 0.05) is 173 Å². The van der Waals surface area contributed by atoms with E-state index in [1.807, 2.05) is 127 Å². The van der Waals surface area contributed by atoms with E-state index >= 15 is 0 Å². The molecule has 0 radical (unpaired) electrons. The van der Waals surface area contributed by atoms with Gasteiger partial charge in [-0.05, 0) is 152 Å². The number of rotatable bonds is 10. The number of carbonyl (C=O) groups is 10. The molecule has 0 atom stereocenters. The van der Waals surface area contributed by atoms with Crippen LogP contribution in [-0.2, 0) is 0 Å². The molecule has 0 amide bonds. The van der Waals surface area contributed by atoms with Crippen molar-refractivity contribution < 1.29 is 47.9 Å². The molecule has 0 saturated heterocycles. The van der Waals surface area contributed by atoms with Crippen LogP contribution in [0.4, 0.5) is 0 Å². The van der Waals surface area contributed by atoms with Crippen LogP contribution in [0.1, 0.15) is 104 Å². The number of para-hydroxylation sites is 5. The highest BCUT2D eigenvalue weighted by atomic mass is 35.5. The zero-order valence-electron chi connectivity index (χ0n) is 67.0. The van der Waals surface area contributed by atoms with Crippen molar-refractivity contribution >= 4 is 288 Å². The van der Waals surface area contributed by atoms with Gasteiger partial charge in [0.1, 0.15) is 10.3 Å². The Kier molecular flexibility index (Phi) is 35.8. The lowest BCUT2D eigenvalue weighted by Gasteiger charge is -2.00. The summed E-state index contributed by atoms with van der Waals surface area (Å²) >= 11 is 58.3. The Bertz CT molecular complexity index is 7520. The average molecular weight is 1920 g/mol. The minimum absolute atomic E-state index is 0.258. The summed E-state index contributed by atoms with van der Waals surface area (Å²) in [4.78, 5) is 147. The summed E-state index contributed by atoms with van der Waals surface area (Å²) < 4.78 is 0. The second kappa shape index (κ2) is 48.2. The Balaban J connectivity index is 0.000000140. The smallest absolute Gasteiger partial charge is 0.153 e. The van der Waals surface area contributed by atoms with E-state index < -0.39 is 0 Å². The molecule has 0 aliphatic heterocycles. The van der Waals surface area contributed by atoms with Crippen molar-refractivity contribution in [2.75, 3.05) is 0 Å². The molecule has 0 spiro atoms. The van der Waals surface area contributed by atoms with Gasteiger partial charge in [-0.1, -0.05) is 219 Å². The van der Waals surface area contributed by atoms with Gasteiger partial charge in [-0.2, -0.15) is 0 Å². The molecule has 20 nitrogen and oxygen atoms in total. The minimum Gasteiger partial charge on any atom is -0.298 e. The molecule has 0 N–H and O–H groups in total. The van der Waals surface area contributed by atoms with Crippen LogP contribution in [0.25, 0.3) is 109 Å². The fourth-order valence-corrected chi connectivity index (χ4v) is 14.2. The average Bonchev–Trinajstić information content (AvgIpc) is 0.801. The number of benzene rings is 10. The number of aromatic nitrogens is 10. The number of aldehydes is 10. The predicted octanol–water partition coefficient (Wildman–Crippen LogP) is 27.0. The third-order valence-electron chi connectivity index (χ3n) is 18.5. The molecule has 10 heterocycles. The first-order chi connectivity index (χ1) is 63.1. The summed E-state index contributed by atoms with van der Waals surface area (Å²) in [5.41, 5.74) is 13.3. The molecule has 10 aromatic heterocycles. The molecule has 0 aliphatic carbocycles. The SMILES string of the molecule is O=Cc1c(Cl)cnc2ccccc12.O=Cc1cc(Cl)nc2ccccc12.O=Cc1cc2ccccc2nc1Cl.O=Cc1ccnc2c(Cl)cccc12.O=Cc1ccnc2cc(Cl)ccc12.O=Cc1ccnc2ccc(Cl)cc12.O=Cc1cnc2cc(Cl)ccc2c1.O=Cc1cnc2ccc(Cl)cc2c1.O=Cc1cnc2cccc(Cl)c2c1.O=Cc1cnc2ccccc2c1Cl. The summed E-state index contributed by atoms with van der Waals surface area (Å²) in [6.45, 7) is 0. The lowest BCUT2D eigenvalue weighted by Crippen LogP contribution is -1.87. The van der Waals surface area contributed by atoms with Crippen LogP contribution in [0, 0.1) is 0 Å². The number of halogens is 10. The molecule has 0 bridgehead atoms. The fraction of sp³-hybridized carbons (Fsp3) is 0. The zero-order valence-corrected chi connectivity index (χ0v) is 74.5. The van der Waals surface area contributed by atoms with Gasteiger partial charge in [0.15, 0.2) is 62.9 Å². The van der Waals surface area contributed by atoms with Crippen molar-refractivity contribution in [3.8, 4) is 0 Å². The first-order valence-corrected chi connectivity index (χ1v) is 41.9. The molecule has 0 fully saturated rings. The third kappa shape index (κ3) is 25.9. The zero-order chi connectivity index (χ0) is 92.6. The predicted molar refractivity (Wildman–Crippen MR) is 521 cm³/mol. The van der Waals surface area contributed by atoms with Crippen LogP contribution < -0.4 is 0 Å². The Hall–Kier alpha value is -14.1. The minimum atomic E-state index is 0.258. The van der Waals surface area contributed by atoms with E-state index in [0.29, 0.717) is 119 Å². The van der Waals surface area contributed by atoms with Gasteiger partial charge < -0.3 is 0 Å². The van der Waals surface area contributed by atoms with Crippen LogP contribution in [0.2, 0.25) is 50.5 Å². The van der Waals surface area contributed by atoms with Crippen molar-refractivity contribution in [2.45, 2.75) is 0 Å². The van der Waals surface area contributed by atoms with Gasteiger partial charge in [-0.15, -0.1) is 0 Å². The summed E-state index contributed by atoms with van der Waals surface area (Å²) in [5, 5.41) is 13.6. The molecular formula is C100H60Cl10N10O10. The second-order valence-corrected chi connectivity index (χ2v) is 30.9. The topological polar surface area (TPSA) is 300 Å². The van der Waals surface area contributed by atoms with Crippen molar-refractivity contribution in [2.24, 2.45) is 0 Å². The monoisotopic (exact) mass is 1910 g/mol. The summed E-state index contributed by atoms with van der Waals surface area (Å²) in [6.07, 6.45) is 20.1. The molecule has 130 heavy (non-hydrogen) atoms.